The first-order chi connectivity index (χ1) is 4.20. The van der Waals surface area contributed by atoms with Crippen LogP contribution in [0.2, 0.25) is 0 Å². The fourth-order valence-corrected chi connectivity index (χ4v) is 0.716. The third kappa shape index (κ3) is 1.22. The van der Waals surface area contributed by atoms with Crippen LogP contribution >= 0.6 is 0 Å². The molecule has 0 fully saturated rings. The molecule has 3 heteroatoms. The van der Waals surface area contributed by atoms with Crippen LogP contribution in [0.15, 0.2) is 11.8 Å². The summed E-state index contributed by atoms with van der Waals surface area (Å²) in [6.07, 6.45) is 1.44. The number of hydrogen-bond acceptors (Lipinski definition) is 2. The highest BCUT2D eigenvalue weighted by Crippen LogP contribution is 2.05. The molecular formula is C6H10N2O. The van der Waals surface area contributed by atoms with Gasteiger partial charge < -0.3 is 11.1 Å². The molecule has 0 aromatic heterocycles. The van der Waals surface area contributed by atoms with Crippen LogP contribution in [0, 0.1) is 5.92 Å². The standard InChI is InChI=1S/C6H10N2O/c1-4-3-8-6(9)2-5(4)7/h2,4H,3,7H2,1H3,(H,8,9). The summed E-state index contributed by atoms with van der Waals surface area (Å²) in [5.41, 5.74) is 6.15. The lowest BCUT2D eigenvalue weighted by Crippen LogP contribution is -2.34. The van der Waals surface area contributed by atoms with Crippen molar-refractivity contribution in [3.8, 4) is 0 Å². The minimum atomic E-state index is -0.0781. The molecule has 0 aromatic rings. The van der Waals surface area contributed by atoms with E-state index in [1.165, 1.54) is 6.08 Å². The van der Waals surface area contributed by atoms with E-state index in [9.17, 15) is 4.79 Å². The topological polar surface area (TPSA) is 55.1 Å². The van der Waals surface area contributed by atoms with Crippen LogP contribution in [-0.4, -0.2) is 12.5 Å². The fraction of sp³-hybridized carbons (Fsp3) is 0.500. The summed E-state index contributed by atoms with van der Waals surface area (Å²) < 4.78 is 0. The summed E-state index contributed by atoms with van der Waals surface area (Å²) in [5.74, 6) is 0.216. The second-order valence-corrected chi connectivity index (χ2v) is 2.29. The van der Waals surface area contributed by atoms with Gasteiger partial charge in [0.2, 0.25) is 5.91 Å². The van der Waals surface area contributed by atoms with E-state index in [0.717, 1.165) is 0 Å². The van der Waals surface area contributed by atoms with Crippen molar-refractivity contribution in [3.05, 3.63) is 11.8 Å². The van der Waals surface area contributed by atoms with Gasteiger partial charge in [0.1, 0.15) is 0 Å². The highest BCUT2D eigenvalue weighted by Gasteiger charge is 2.12. The molecule has 1 heterocycles. The van der Waals surface area contributed by atoms with Crippen LogP contribution in [0.25, 0.3) is 0 Å². The van der Waals surface area contributed by atoms with E-state index in [4.69, 9.17) is 5.73 Å². The SMILES string of the molecule is CC1CNC(=O)C=C1N. The maximum atomic E-state index is 10.6. The van der Waals surface area contributed by atoms with Gasteiger partial charge in [-0.3, -0.25) is 4.79 Å². The molecule has 1 aliphatic heterocycles. The van der Waals surface area contributed by atoms with Crippen molar-refractivity contribution in [2.45, 2.75) is 6.92 Å². The molecule has 9 heavy (non-hydrogen) atoms. The molecule has 1 amide bonds. The van der Waals surface area contributed by atoms with Crippen molar-refractivity contribution in [3.63, 3.8) is 0 Å². The third-order valence-electron chi connectivity index (χ3n) is 1.45. The number of carbonyl (C=O) groups is 1. The van der Waals surface area contributed by atoms with Gasteiger partial charge in [0.25, 0.3) is 0 Å². The van der Waals surface area contributed by atoms with Crippen LogP contribution in [0.1, 0.15) is 6.92 Å². The van der Waals surface area contributed by atoms with Gasteiger partial charge in [0.15, 0.2) is 0 Å². The number of nitrogens with one attached hydrogen (secondary N) is 1. The number of carbonyl (C=O) groups excluding carboxylic acids is 1. The quantitative estimate of drug-likeness (QED) is 0.464. The van der Waals surface area contributed by atoms with Crippen LogP contribution < -0.4 is 11.1 Å². The monoisotopic (exact) mass is 126 g/mol. The van der Waals surface area contributed by atoms with Gasteiger partial charge in [-0.2, -0.15) is 0 Å². The zero-order valence-corrected chi connectivity index (χ0v) is 5.35. The molecule has 0 spiro atoms. The summed E-state index contributed by atoms with van der Waals surface area (Å²) >= 11 is 0. The summed E-state index contributed by atoms with van der Waals surface area (Å²) in [4.78, 5) is 10.6. The summed E-state index contributed by atoms with van der Waals surface area (Å²) in [5, 5.41) is 2.67. The minimum absolute atomic E-state index is 0.0781. The molecule has 0 aliphatic carbocycles. The summed E-state index contributed by atoms with van der Waals surface area (Å²) in [6, 6.07) is 0. The molecule has 0 radical (unpaired) electrons. The Labute approximate surface area is 53.9 Å². The molecule has 0 saturated heterocycles. The second kappa shape index (κ2) is 2.09. The van der Waals surface area contributed by atoms with Gasteiger partial charge >= 0.3 is 0 Å². The molecule has 0 saturated carbocycles. The molecule has 3 nitrogen and oxygen atoms in total. The first kappa shape index (κ1) is 6.13. The van der Waals surface area contributed by atoms with Crippen molar-refractivity contribution >= 4 is 5.91 Å². The summed E-state index contributed by atoms with van der Waals surface area (Å²) in [6.45, 7) is 2.65. The predicted molar refractivity (Wildman–Crippen MR) is 34.4 cm³/mol. The predicted octanol–water partition coefficient (Wildman–Crippen LogP) is -0.405. The molecule has 3 N–H and O–H groups in total. The maximum Gasteiger partial charge on any atom is 0.245 e. The van der Waals surface area contributed by atoms with Gasteiger partial charge in [-0.25, -0.2) is 0 Å². The van der Waals surface area contributed by atoms with Gasteiger partial charge in [-0.1, -0.05) is 6.92 Å². The molecule has 1 atom stereocenters. The maximum absolute atomic E-state index is 10.6. The molecule has 1 aliphatic rings. The van der Waals surface area contributed by atoms with E-state index in [1.807, 2.05) is 6.92 Å². The van der Waals surface area contributed by atoms with Gasteiger partial charge in [0.05, 0.1) is 0 Å². The average molecular weight is 126 g/mol. The van der Waals surface area contributed by atoms with Crippen molar-refractivity contribution in [1.82, 2.24) is 5.32 Å². The Bertz CT molecular complexity index is 162. The molecule has 1 rings (SSSR count). The van der Waals surface area contributed by atoms with Crippen LogP contribution in [0.5, 0.6) is 0 Å². The van der Waals surface area contributed by atoms with E-state index in [2.05, 4.69) is 5.32 Å². The fourth-order valence-electron chi connectivity index (χ4n) is 0.716. The third-order valence-corrected chi connectivity index (χ3v) is 1.45. The Morgan fingerprint density at radius 1 is 1.89 bits per heavy atom. The number of nitrogens with two attached hydrogens (primary N) is 1. The Morgan fingerprint density at radius 2 is 2.56 bits per heavy atom. The van der Waals surface area contributed by atoms with Crippen molar-refractivity contribution in [2.24, 2.45) is 11.7 Å². The van der Waals surface area contributed by atoms with Crippen LogP contribution in [-0.2, 0) is 4.79 Å². The van der Waals surface area contributed by atoms with Gasteiger partial charge in [0, 0.05) is 24.2 Å². The first-order valence-electron chi connectivity index (χ1n) is 2.95. The lowest BCUT2D eigenvalue weighted by atomic mass is 10.1. The minimum Gasteiger partial charge on any atom is -0.402 e. The molecule has 1 unspecified atom stereocenters. The largest absolute Gasteiger partial charge is 0.402 e. The van der Waals surface area contributed by atoms with Crippen LogP contribution in [0.3, 0.4) is 0 Å². The van der Waals surface area contributed by atoms with Gasteiger partial charge in [-0.05, 0) is 0 Å². The number of amides is 1. The lowest BCUT2D eigenvalue weighted by molar-refractivity contribution is -0.117. The van der Waals surface area contributed by atoms with Crippen molar-refractivity contribution in [2.75, 3.05) is 6.54 Å². The van der Waals surface area contributed by atoms with E-state index in [1.54, 1.807) is 0 Å². The number of rotatable bonds is 0. The zero-order chi connectivity index (χ0) is 6.85. The van der Waals surface area contributed by atoms with Gasteiger partial charge in [-0.15, -0.1) is 0 Å². The molecule has 0 bridgehead atoms. The van der Waals surface area contributed by atoms with Crippen LogP contribution in [0.4, 0.5) is 0 Å². The first-order valence-corrected chi connectivity index (χ1v) is 2.95. The Balaban J connectivity index is 2.72. The lowest BCUT2D eigenvalue weighted by Gasteiger charge is -2.16. The van der Waals surface area contributed by atoms with E-state index in [-0.39, 0.29) is 5.91 Å². The Hall–Kier alpha value is -0.990. The number of hydrogen-bond donors (Lipinski definition) is 2. The smallest absolute Gasteiger partial charge is 0.245 e. The zero-order valence-electron chi connectivity index (χ0n) is 5.35. The molecule has 0 aromatic carbocycles. The Kier molecular flexibility index (Phi) is 1.42. The highest BCUT2D eigenvalue weighted by molar-refractivity contribution is 5.89. The summed E-state index contributed by atoms with van der Waals surface area (Å²) in [7, 11) is 0. The average Bonchev–Trinajstić information content (AvgIpc) is 1.80. The normalized spacial score (nSPS) is 27.0. The van der Waals surface area contributed by atoms with Crippen molar-refractivity contribution in [1.29, 1.82) is 0 Å². The molecule has 50 valence electrons. The van der Waals surface area contributed by atoms with Crippen molar-refractivity contribution < 1.29 is 4.79 Å². The van der Waals surface area contributed by atoms with E-state index in [0.29, 0.717) is 18.2 Å². The van der Waals surface area contributed by atoms with E-state index >= 15 is 0 Å². The second-order valence-electron chi connectivity index (χ2n) is 2.29. The highest BCUT2D eigenvalue weighted by atomic mass is 16.1. The van der Waals surface area contributed by atoms with E-state index < -0.39 is 0 Å². The Morgan fingerprint density at radius 3 is 3.00 bits per heavy atom. The molecular weight excluding hydrogens is 116 g/mol.